The summed E-state index contributed by atoms with van der Waals surface area (Å²) >= 11 is 1.39. The lowest BCUT2D eigenvalue weighted by molar-refractivity contribution is 0.00381. The second-order valence-electron chi connectivity index (χ2n) is 5.27. The van der Waals surface area contributed by atoms with Crippen molar-refractivity contribution < 1.29 is 13.9 Å². The van der Waals surface area contributed by atoms with E-state index in [9.17, 15) is 4.79 Å². The Balaban J connectivity index is 1.88. The largest absolute Gasteiger partial charge is 0.459 e. The summed E-state index contributed by atoms with van der Waals surface area (Å²) in [4.78, 5) is 19.7. The molecule has 1 atom stereocenters. The van der Waals surface area contributed by atoms with Crippen molar-refractivity contribution >= 4 is 17.2 Å². The van der Waals surface area contributed by atoms with E-state index in [1.165, 1.54) is 11.3 Å². The quantitative estimate of drug-likeness (QED) is 0.856. The molecular weight excluding hydrogens is 288 g/mol. The van der Waals surface area contributed by atoms with Gasteiger partial charge in [0.1, 0.15) is 10.6 Å². The lowest BCUT2D eigenvalue weighted by atomic mass is 10.2. The number of ether oxygens (including phenoxy) is 1. The number of nitrogens with zero attached hydrogens (tertiary/aromatic N) is 2. The molecule has 0 radical (unpaired) electrons. The third kappa shape index (κ3) is 2.73. The Morgan fingerprint density at radius 1 is 1.43 bits per heavy atom. The molecule has 1 unspecified atom stereocenters. The molecule has 0 spiro atoms. The third-order valence-corrected chi connectivity index (χ3v) is 4.73. The van der Waals surface area contributed by atoms with Crippen molar-refractivity contribution in [2.45, 2.75) is 26.8 Å². The van der Waals surface area contributed by atoms with Gasteiger partial charge in [-0.3, -0.25) is 4.79 Å². The molecule has 0 bridgehead atoms. The zero-order valence-electron chi connectivity index (χ0n) is 12.4. The molecule has 1 aliphatic heterocycles. The van der Waals surface area contributed by atoms with Crippen LogP contribution in [0.3, 0.4) is 0 Å². The van der Waals surface area contributed by atoms with E-state index in [1.807, 2.05) is 37.8 Å². The van der Waals surface area contributed by atoms with Crippen molar-refractivity contribution in [3.05, 3.63) is 28.5 Å². The number of carbonyl (C=O) groups excluding carboxylic acids is 1. The number of furan rings is 1. The normalized spacial score (nSPS) is 19.0. The summed E-state index contributed by atoms with van der Waals surface area (Å²) in [5.41, 5.74) is 0.757. The molecule has 0 aromatic carbocycles. The SMILES string of the molecule is Cc1ccc(-c2nc(C)c(C(=O)N3CCOCC3C)s2)o1. The van der Waals surface area contributed by atoms with Gasteiger partial charge in [-0.05, 0) is 32.9 Å². The average molecular weight is 306 g/mol. The Morgan fingerprint density at radius 2 is 2.24 bits per heavy atom. The number of aryl methyl sites for hydroxylation is 2. The van der Waals surface area contributed by atoms with E-state index in [0.29, 0.717) is 24.6 Å². The summed E-state index contributed by atoms with van der Waals surface area (Å²) in [6, 6.07) is 3.89. The summed E-state index contributed by atoms with van der Waals surface area (Å²) in [7, 11) is 0. The molecule has 21 heavy (non-hydrogen) atoms. The number of carbonyl (C=O) groups is 1. The maximum Gasteiger partial charge on any atom is 0.266 e. The molecule has 2 aromatic rings. The number of thiazole rings is 1. The molecule has 1 amide bonds. The Bertz CT molecular complexity index is 662. The highest BCUT2D eigenvalue weighted by molar-refractivity contribution is 7.17. The zero-order chi connectivity index (χ0) is 15.0. The van der Waals surface area contributed by atoms with Crippen LogP contribution in [-0.4, -0.2) is 41.6 Å². The number of hydrogen-bond donors (Lipinski definition) is 0. The number of hydrogen-bond acceptors (Lipinski definition) is 5. The monoisotopic (exact) mass is 306 g/mol. The van der Waals surface area contributed by atoms with Crippen LogP contribution < -0.4 is 0 Å². The molecule has 0 N–H and O–H groups in total. The molecule has 0 aliphatic carbocycles. The van der Waals surface area contributed by atoms with Gasteiger partial charge in [-0.1, -0.05) is 0 Å². The van der Waals surface area contributed by atoms with Crippen LogP contribution in [0.4, 0.5) is 0 Å². The van der Waals surface area contributed by atoms with E-state index in [0.717, 1.165) is 22.2 Å². The van der Waals surface area contributed by atoms with E-state index < -0.39 is 0 Å². The average Bonchev–Trinajstić information content (AvgIpc) is 3.05. The van der Waals surface area contributed by atoms with Gasteiger partial charge in [-0.25, -0.2) is 4.98 Å². The van der Waals surface area contributed by atoms with E-state index in [1.54, 1.807) is 0 Å². The van der Waals surface area contributed by atoms with Crippen LogP contribution in [-0.2, 0) is 4.74 Å². The van der Waals surface area contributed by atoms with Crippen molar-refractivity contribution in [2.75, 3.05) is 19.8 Å². The predicted octanol–water partition coefficient (Wildman–Crippen LogP) is 2.88. The second kappa shape index (κ2) is 5.61. The highest BCUT2D eigenvalue weighted by atomic mass is 32.1. The topological polar surface area (TPSA) is 55.6 Å². The van der Waals surface area contributed by atoms with Crippen LogP contribution in [0.25, 0.3) is 10.8 Å². The Labute approximate surface area is 127 Å². The standard InChI is InChI=1S/C15H18N2O3S/c1-9-8-19-7-6-17(9)15(18)13-11(3)16-14(21-13)12-5-4-10(2)20-12/h4-5,9H,6-8H2,1-3H3. The summed E-state index contributed by atoms with van der Waals surface area (Å²) in [6.45, 7) is 7.59. The van der Waals surface area contributed by atoms with Crippen LogP contribution >= 0.6 is 11.3 Å². The third-order valence-electron chi connectivity index (χ3n) is 3.57. The molecule has 5 nitrogen and oxygen atoms in total. The zero-order valence-corrected chi connectivity index (χ0v) is 13.2. The lowest BCUT2D eigenvalue weighted by Gasteiger charge is -2.33. The number of rotatable bonds is 2. The fraction of sp³-hybridized carbons (Fsp3) is 0.467. The molecule has 1 fully saturated rings. The fourth-order valence-corrected chi connectivity index (χ4v) is 3.39. The first-order valence-electron chi connectivity index (χ1n) is 6.99. The van der Waals surface area contributed by atoms with Gasteiger partial charge in [0.2, 0.25) is 0 Å². The van der Waals surface area contributed by atoms with Crippen molar-refractivity contribution in [1.82, 2.24) is 9.88 Å². The van der Waals surface area contributed by atoms with Gasteiger partial charge in [-0.2, -0.15) is 0 Å². The molecule has 6 heteroatoms. The molecule has 1 saturated heterocycles. The van der Waals surface area contributed by atoms with Crippen LogP contribution in [0.5, 0.6) is 0 Å². The van der Waals surface area contributed by atoms with Gasteiger partial charge in [0.15, 0.2) is 10.8 Å². The molecule has 3 rings (SSSR count). The van der Waals surface area contributed by atoms with Gasteiger partial charge >= 0.3 is 0 Å². The smallest absolute Gasteiger partial charge is 0.266 e. The van der Waals surface area contributed by atoms with Crippen molar-refractivity contribution in [2.24, 2.45) is 0 Å². The molecule has 2 aromatic heterocycles. The molecular formula is C15H18N2O3S. The number of amides is 1. The maximum absolute atomic E-state index is 12.7. The van der Waals surface area contributed by atoms with Gasteiger partial charge < -0.3 is 14.1 Å². The second-order valence-corrected chi connectivity index (χ2v) is 6.27. The highest BCUT2D eigenvalue weighted by Gasteiger charge is 2.28. The Kier molecular flexibility index (Phi) is 3.82. The molecule has 0 saturated carbocycles. The minimum Gasteiger partial charge on any atom is -0.459 e. The minimum atomic E-state index is 0.0373. The first kappa shape index (κ1) is 14.3. The number of morpholine rings is 1. The molecule has 112 valence electrons. The first-order chi connectivity index (χ1) is 10.1. The molecule has 3 heterocycles. The summed E-state index contributed by atoms with van der Waals surface area (Å²) in [5.74, 6) is 1.59. The highest BCUT2D eigenvalue weighted by Crippen LogP contribution is 2.30. The van der Waals surface area contributed by atoms with Crippen LogP contribution in [0.1, 0.15) is 28.0 Å². The van der Waals surface area contributed by atoms with Crippen LogP contribution in [0, 0.1) is 13.8 Å². The van der Waals surface area contributed by atoms with Crippen molar-refractivity contribution in [3.63, 3.8) is 0 Å². The minimum absolute atomic E-state index is 0.0373. The van der Waals surface area contributed by atoms with Crippen molar-refractivity contribution in [1.29, 1.82) is 0 Å². The van der Waals surface area contributed by atoms with Gasteiger partial charge in [0, 0.05) is 6.54 Å². The summed E-state index contributed by atoms with van der Waals surface area (Å²) in [6.07, 6.45) is 0. The van der Waals surface area contributed by atoms with E-state index in [4.69, 9.17) is 9.15 Å². The maximum atomic E-state index is 12.7. The van der Waals surface area contributed by atoms with Crippen LogP contribution in [0.15, 0.2) is 16.5 Å². The van der Waals surface area contributed by atoms with E-state index in [2.05, 4.69) is 4.98 Å². The van der Waals surface area contributed by atoms with Gasteiger partial charge in [0.25, 0.3) is 5.91 Å². The van der Waals surface area contributed by atoms with Crippen LogP contribution in [0.2, 0.25) is 0 Å². The fourth-order valence-electron chi connectivity index (χ4n) is 2.41. The van der Waals surface area contributed by atoms with E-state index >= 15 is 0 Å². The van der Waals surface area contributed by atoms with Gasteiger partial charge in [-0.15, -0.1) is 11.3 Å². The Morgan fingerprint density at radius 3 is 2.90 bits per heavy atom. The van der Waals surface area contributed by atoms with E-state index in [-0.39, 0.29) is 11.9 Å². The summed E-state index contributed by atoms with van der Waals surface area (Å²) in [5, 5.41) is 0.755. The Hall–Kier alpha value is -1.66. The van der Waals surface area contributed by atoms with Gasteiger partial charge in [0.05, 0.1) is 24.9 Å². The predicted molar refractivity (Wildman–Crippen MR) is 80.6 cm³/mol. The number of aromatic nitrogens is 1. The summed E-state index contributed by atoms with van der Waals surface area (Å²) < 4.78 is 11.0. The molecule has 1 aliphatic rings. The van der Waals surface area contributed by atoms with Crippen molar-refractivity contribution in [3.8, 4) is 10.8 Å². The first-order valence-corrected chi connectivity index (χ1v) is 7.81. The lowest BCUT2D eigenvalue weighted by Crippen LogP contribution is -2.47.